The molecule has 0 aliphatic carbocycles. The molecule has 2 nitrogen and oxygen atoms in total. The van der Waals surface area contributed by atoms with Crippen LogP contribution in [0.25, 0.3) is 0 Å². The lowest BCUT2D eigenvalue weighted by atomic mass is 10.0. The Kier molecular flexibility index (Phi) is 3.33. The molecule has 0 spiro atoms. The molecule has 0 aliphatic rings. The predicted octanol–water partition coefficient (Wildman–Crippen LogP) is 3.95. The van der Waals surface area contributed by atoms with Crippen molar-refractivity contribution in [1.29, 1.82) is 0 Å². The van der Waals surface area contributed by atoms with Crippen LogP contribution in [0.4, 0.5) is 0 Å². The largest absolute Gasteiger partial charge is 0.327 e. The topological polar surface area (TPSA) is 34.1 Å². The number of benzene rings is 2. The van der Waals surface area contributed by atoms with Gasteiger partial charge in [-0.25, -0.2) is 9.13 Å². The van der Waals surface area contributed by atoms with E-state index < -0.39 is 13.3 Å². The zero-order valence-corrected chi connectivity index (χ0v) is 9.51. The third-order valence-corrected chi connectivity index (χ3v) is 3.46. The van der Waals surface area contributed by atoms with E-state index >= 15 is 0 Å². The predicted molar refractivity (Wildman–Crippen MR) is 63.0 cm³/mol. The maximum atomic E-state index is 11.3. The van der Waals surface area contributed by atoms with Gasteiger partial charge in [0.25, 0.3) is 0 Å². The van der Waals surface area contributed by atoms with E-state index in [1.807, 2.05) is 60.7 Å². The molecule has 0 aromatic heterocycles. The first-order chi connectivity index (χ1) is 7.79. The Morgan fingerprint density at radius 2 is 1.06 bits per heavy atom. The van der Waals surface area contributed by atoms with Gasteiger partial charge in [-0.05, 0) is 11.1 Å². The summed E-state index contributed by atoms with van der Waals surface area (Å²) in [6.07, 6.45) is 0. The highest BCUT2D eigenvalue weighted by molar-refractivity contribution is 7.31. The highest BCUT2D eigenvalue weighted by Crippen LogP contribution is 2.37. The van der Waals surface area contributed by atoms with Crippen molar-refractivity contribution in [2.24, 2.45) is 0 Å². The third-order valence-electron chi connectivity index (χ3n) is 2.44. The minimum absolute atomic E-state index is 0.544. The van der Waals surface area contributed by atoms with Crippen LogP contribution >= 0.6 is 7.68 Å². The maximum absolute atomic E-state index is 11.3. The fourth-order valence-electron chi connectivity index (χ4n) is 1.71. The number of hydrogen-bond acceptors (Lipinski definition) is 2. The summed E-state index contributed by atoms with van der Waals surface area (Å²) in [6.45, 7) is 0. The average molecular weight is 230 g/mol. The summed E-state index contributed by atoms with van der Waals surface area (Å²) in [5.41, 5.74) is 1.08. The minimum atomic E-state index is -2.52. The maximum Gasteiger partial charge on any atom is 0.327 e. The van der Waals surface area contributed by atoms with Gasteiger partial charge in [-0.3, -0.25) is 0 Å². The van der Waals surface area contributed by atoms with Crippen LogP contribution in [0.1, 0.15) is 16.8 Å². The molecule has 0 aliphatic heterocycles. The highest BCUT2D eigenvalue weighted by Gasteiger charge is 2.18. The smallest absolute Gasteiger partial charge is 0.236 e. The van der Waals surface area contributed by atoms with Crippen molar-refractivity contribution in [3.63, 3.8) is 0 Å². The summed E-state index contributed by atoms with van der Waals surface area (Å²) < 4.78 is 22.7. The van der Waals surface area contributed by atoms with Crippen LogP contribution in [-0.2, 0) is 9.13 Å². The summed E-state index contributed by atoms with van der Waals surface area (Å²) in [4.78, 5) is 0. The van der Waals surface area contributed by atoms with E-state index in [1.165, 1.54) is 0 Å². The monoisotopic (exact) mass is 230 g/mol. The van der Waals surface area contributed by atoms with Crippen LogP contribution in [0.15, 0.2) is 60.7 Å². The van der Waals surface area contributed by atoms with Crippen LogP contribution in [0.5, 0.6) is 0 Å². The van der Waals surface area contributed by atoms with Crippen molar-refractivity contribution in [1.82, 2.24) is 0 Å². The quantitative estimate of drug-likeness (QED) is 0.748. The van der Waals surface area contributed by atoms with Gasteiger partial charge in [0.15, 0.2) is 0 Å². The Morgan fingerprint density at radius 3 is 1.38 bits per heavy atom. The van der Waals surface area contributed by atoms with E-state index in [0.29, 0.717) is 0 Å². The molecule has 16 heavy (non-hydrogen) atoms. The molecule has 0 heterocycles. The van der Waals surface area contributed by atoms with Crippen molar-refractivity contribution >= 4 is 7.68 Å². The molecule has 0 saturated heterocycles. The molecule has 0 N–H and O–H groups in total. The molecule has 2 aromatic rings. The van der Waals surface area contributed by atoms with Gasteiger partial charge in [-0.15, -0.1) is 0 Å². The van der Waals surface area contributed by atoms with Crippen LogP contribution in [0.2, 0.25) is 0 Å². The summed E-state index contributed by atoms with van der Waals surface area (Å²) in [5, 5.41) is 0. The Bertz CT molecular complexity index is 471. The Balaban J connectivity index is 2.48. The zero-order valence-electron chi connectivity index (χ0n) is 8.61. The standard InChI is InChI=1S/C13H11O2P/c14-16(15)13(11-7-3-1-4-8-11)12-9-5-2-6-10-12/h1-10,13H. The van der Waals surface area contributed by atoms with E-state index in [2.05, 4.69) is 0 Å². The Hall–Kier alpha value is -1.66. The van der Waals surface area contributed by atoms with Crippen molar-refractivity contribution < 1.29 is 9.13 Å². The van der Waals surface area contributed by atoms with E-state index in [-0.39, 0.29) is 0 Å². The summed E-state index contributed by atoms with van der Waals surface area (Å²) >= 11 is 0. The molecule has 0 fully saturated rings. The van der Waals surface area contributed by atoms with Crippen LogP contribution < -0.4 is 0 Å². The first kappa shape index (κ1) is 10.8. The van der Waals surface area contributed by atoms with Gasteiger partial charge in [-0.2, -0.15) is 0 Å². The number of hydrogen-bond donors (Lipinski definition) is 0. The lowest BCUT2D eigenvalue weighted by Crippen LogP contribution is -1.93. The zero-order chi connectivity index (χ0) is 11.4. The summed E-state index contributed by atoms with van der Waals surface area (Å²) in [7, 11) is -2.52. The van der Waals surface area contributed by atoms with E-state index in [1.54, 1.807) is 0 Å². The van der Waals surface area contributed by atoms with Gasteiger partial charge in [0.05, 0.1) is 0 Å². The normalized spacial score (nSPS) is 10.3. The molecule has 0 unspecified atom stereocenters. The molecular weight excluding hydrogens is 219 g/mol. The first-order valence-corrected chi connectivity index (χ1v) is 6.27. The molecule has 80 valence electrons. The second-order valence-corrected chi connectivity index (χ2v) is 4.60. The first-order valence-electron chi connectivity index (χ1n) is 5.02. The highest BCUT2D eigenvalue weighted by atomic mass is 31.1. The summed E-state index contributed by atoms with van der Waals surface area (Å²) in [5.74, 6) is 0. The fraction of sp³-hybridized carbons (Fsp3) is 0.0769. The minimum Gasteiger partial charge on any atom is -0.236 e. The van der Waals surface area contributed by atoms with Gasteiger partial charge < -0.3 is 0 Å². The Morgan fingerprint density at radius 1 is 0.688 bits per heavy atom. The van der Waals surface area contributed by atoms with Gasteiger partial charge in [0, 0.05) is 0 Å². The van der Waals surface area contributed by atoms with E-state index in [0.717, 1.165) is 11.1 Å². The molecular formula is C13H11O2P. The molecule has 0 radical (unpaired) electrons. The van der Waals surface area contributed by atoms with E-state index in [9.17, 15) is 9.13 Å². The lowest BCUT2D eigenvalue weighted by Gasteiger charge is -2.09. The third kappa shape index (κ3) is 2.29. The van der Waals surface area contributed by atoms with Gasteiger partial charge in [0.1, 0.15) is 5.66 Å². The van der Waals surface area contributed by atoms with Crippen molar-refractivity contribution in [3.8, 4) is 0 Å². The molecule has 0 bridgehead atoms. The Labute approximate surface area is 94.8 Å². The molecule has 3 heteroatoms. The van der Waals surface area contributed by atoms with Gasteiger partial charge in [-0.1, -0.05) is 60.7 Å². The van der Waals surface area contributed by atoms with Crippen LogP contribution in [-0.4, -0.2) is 0 Å². The number of rotatable bonds is 3. The second kappa shape index (κ2) is 4.91. The molecule has 0 saturated carbocycles. The van der Waals surface area contributed by atoms with E-state index in [4.69, 9.17) is 0 Å². The van der Waals surface area contributed by atoms with Crippen molar-refractivity contribution in [2.75, 3.05) is 0 Å². The SMILES string of the molecule is O=P(=O)C(c1ccccc1)c1ccccc1. The summed E-state index contributed by atoms with van der Waals surface area (Å²) in [6, 6.07) is 18.5. The molecule has 0 amide bonds. The molecule has 0 atom stereocenters. The fourth-order valence-corrected chi connectivity index (χ4v) is 2.54. The second-order valence-electron chi connectivity index (χ2n) is 3.51. The molecule has 2 rings (SSSR count). The average Bonchev–Trinajstić information content (AvgIpc) is 2.31. The molecule has 2 aromatic carbocycles. The van der Waals surface area contributed by atoms with Crippen molar-refractivity contribution in [3.05, 3.63) is 71.8 Å². The van der Waals surface area contributed by atoms with Gasteiger partial charge in [0.2, 0.25) is 0 Å². The van der Waals surface area contributed by atoms with Crippen LogP contribution in [0.3, 0.4) is 0 Å². The van der Waals surface area contributed by atoms with Crippen molar-refractivity contribution in [2.45, 2.75) is 5.66 Å². The lowest BCUT2D eigenvalue weighted by molar-refractivity contribution is 0.510. The van der Waals surface area contributed by atoms with Crippen LogP contribution in [0, 0.1) is 0 Å². The van der Waals surface area contributed by atoms with Gasteiger partial charge >= 0.3 is 7.68 Å².